The Morgan fingerprint density at radius 3 is 1.15 bits per heavy atom. The second-order valence-corrected chi connectivity index (χ2v) is 14.6. The molecule has 0 spiro atoms. The van der Waals surface area contributed by atoms with Gasteiger partial charge in [0, 0.05) is 0 Å². The van der Waals surface area contributed by atoms with Crippen LogP contribution in [0.5, 0.6) is 0 Å². The molecule has 0 atom stereocenters. The highest BCUT2D eigenvalue weighted by Gasteiger charge is 2.06. The van der Waals surface area contributed by atoms with Crippen molar-refractivity contribution in [2.45, 2.75) is 46.2 Å². The first kappa shape index (κ1) is 15.0. The van der Waals surface area contributed by atoms with Crippen LogP contribution in [0.2, 0.25) is 39.3 Å². The largest absolute Gasteiger partial charge is 0.135 e. The van der Waals surface area contributed by atoms with E-state index < -0.39 is 16.1 Å². The zero-order valence-electron chi connectivity index (χ0n) is 10.1. The second-order valence-electron chi connectivity index (χ2n) is 5.02. The molecule has 0 bridgehead atoms. The van der Waals surface area contributed by atoms with Gasteiger partial charge in [-0.25, -0.2) is 0 Å². The Kier molecular flexibility index (Phi) is 7.03. The van der Waals surface area contributed by atoms with E-state index in [1.54, 1.807) is 0 Å². The number of hydrogen-bond acceptors (Lipinski definition) is 0. The van der Waals surface area contributed by atoms with E-state index in [0.717, 1.165) is 0 Å². The van der Waals surface area contributed by atoms with Crippen LogP contribution in [0.4, 0.5) is 0 Å². The lowest BCUT2D eigenvalue weighted by molar-refractivity contribution is 1.80. The zero-order chi connectivity index (χ0) is 11.1. The van der Waals surface area contributed by atoms with Gasteiger partial charge in [0.05, 0.1) is 0 Å². The molecule has 0 rings (SSSR count). The molecule has 0 heterocycles. The van der Waals surface area contributed by atoms with Gasteiger partial charge in [-0.2, -0.15) is 0 Å². The third-order valence-corrected chi connectivity index (χ3v) is 2.80. The Morgan fingerprint density at radius 1 is 0.846 bits per heavy atom. The second kappa shape index (κ2) is 6.08. The highest BCUT2D eigenvalue weighted by atomic mass is 28.3. The Labute approximate surface area is 86.2 Å². The van der Waals surface area contributed by atoms with Crippen LogP contribution in [-0.2, 0) is 0 Å². The first-order valence-corrected chi connectivity index (χ1v) is 11.5. The Morgan fingerprint density at radius 2 is 1.15 bits per heavy atom. The van der Waals surface area contributed by atoms with Gasteiger partial charge >= 0.3 is 0 Å². The SMILES string of the molecule is C#C[Si](C)(C)C.CC#C[Si](C)(C)C. The number of rotatable bonds is 0. The summed E-state index contributed by atoms with van der Waals surface area (Å²) in [6.07, 6.45) is 5.12. The molecule has 0 nitrogen and oxygen atoms in total. The van der Waals surface area contributed by atoms with E-state index in [-0.39, 0.29) is 0 Å². The van der Waals surface area contributed by atoms with Crippen LogP contribution in [0, 0.1) is 23.4 Å². The standard InChI is InChI=1S/C6H12Si.C5H10Si/c1-5-6-7(2,3)4;1-5-6(2,3)4/h1-4H3;1H,2-4H3. The first-order valence-electron chi connectivity index (χ1n) is 4.54. The van der Waals surface area contributed by atoms with Gasteiger partial charge < -0.3 is 0 Å². The summed E-state index contributed by atoms with van der Waals surface area (Å²) in [4.78, 5) is 0. The van der Waals surface area contributed by atoms with Crippen LogP contribution < -0.4 is 0 Å². The minimum absolute atomic E-state index is 1.02. The quantitative estimate of drug-likeness (QED) is 0.425. The molecule has 0 amide bonds. The van der Waals surface area contributed by atoms with Crippen molar-refractivity contribution in [1.29, 1.82) is 0 Å². The van der Waals surface area contributed by atoms with Crippen molar-refractivity contribution in [3.8, 4) is 23.4 Å². The lowest BCUT2D eigenvalue weighted by Crippen LogP contribution is -2.15. The van der Waals surface area contributed by atoms with Crippen molar-refractivity contribution in [1.82, 2.24) is 0 Å². The van der Waals surface area contributed by atoms with Crippen molar-refractivity contribution in [3.05, 3.63) is 0 Å². The van der Waals surface area contributed by atoms with Gasteiger partial charge in [0.25, 0.3) is 0 Å². The van der Waals surface area contributed by atoms with Gasteiger partial charge in [0.15, 0.2) is 0 Å². The third kappa shape index (κ3) is 24.6. The molecule has 0 aliphatic rings. The van der Waals surface area contributed by atoms with E-state index in [1.165, 1.54) is 0 Å². The summed E-state index contributed by atoms with van der Waals surface area (Å²) in [5, 5.41) is 0. The van der Waals surface area contributed by atoms with Crippen LogP contribution in [0.25, 0.3) is 0 Å². The first-order chi connectivity index (χ1) is 5.62. The van der Waals surface area contributed by atoms with Crippen LogP contribution in [0.15, 0.2) is 0 Å². The van der Waals surface area contributed by atoms with Crippen molar-refractivity contribution >= 4 is 16.1 Å². The molecule has 0 radical (unpaired) electrons. The molecule has 0 fully saturated rings. The molecular formula is C11H22Si2. The van der Waals surface area contributed by atoms with Gasteiger partial charge in [0.2, 0.25) is 0 Å². The number of hydrogen-bond donors (Lipinski definition) is 0. The highest BCUT2D eigenvalue weighted by molar-refractivity contribution is 6.84. The zero-order valence-corrected chi connectivity index (χ0v) is 12.1. The summed E-state index contributed by atoms with van der Waals surface area (Å²) in [6.45, 7) is 15.1. The lowest BCUT2D eigenvalue weighted by atomic mass is 10.8. The molecule has 0 unspecified atom stereocenters. The van der Waals surface area contributed by atoms with E-state index in [9.17, 15) is 0 Å². The van der Waals surface area contributed by atoms with Gasteiger partial charge in [-0.1, -0.05) is 39.3 Å². The van der Waals surface area contributed by atoms with E-state index in [2.05, 4.69) is 56.3 Å². The molecule has 13 heavy (non-hydrogen) atoms. The fourth-order valence-corrected chi connectivity index (χ4v) is 1.12. The molecule has 0 aliphatic carbocycles. The molecule has 0 aliphatic heterocycles. The van der Waals surface area contributed by atoms with E-state index in [0.29, 0.717) is 0 Å². The Balaban J connectivity index is 0. The van der Waals surface area contributed by atoms with Crippen molar-refractivity contribution in [2.24, 2.45) is 0 Å². The molecule has 74 valence electrons. The van der Waals surface area contributed by atoms with Crippen LogP contribution in [0.1, 0.15) is 6.92 Å². The molecule has 0 aromatic heterocycles. The molecule has 0 aromatic carbocycles. The summed E-state index contributed by atoms with van der Waals surface area (Å²) < 4.78 is 0. The summed E-state index contributed by atoms with van der Waals surface area (Å²) in [7, 11) is -2.12. The summed E-state index contributed by atoms with van der Waals surface area (Å²) >= 11 is 0. The Bertz CT molecular complexity index is 222. The maximum Gasteiger partial charge on any atom is 0.129 e. The van der Waals surface area contributed by atoms with Crippen LogP contribution >= 0.6 is 0 Å². The molecule has 0 saturated carbocycles. The van der Waals surface area contributed by atoms with Crippen molar-refractivity contribution in [2.75, 3.05) is 0 Å². The molecule has 0 N–H and O–H groups in total. The van der Waals surface area contributed by atoms with Crippen LogP contribution in [-0.4, -0.2) is 16.1 Å². The average Bonchev–Trinajstić information content (AvgIpc) is 1.84. The van der Waals surface area contributed by atoms with Crippen molar-refractivity contribution < 1.29 is 0 Å². The Hall–Kier alpha value is -0.446. The van der Waals surface area contributed by atoms with Crippen LogP contribution in [0.3, 0.4) is 0 Å². The minimum Gasteiger partial charge on any atom is -0.135 e. The molecular weight excluding hydrogens is 188 g/mol. The average molecular weight is 210 g/mol. The maximum absolute atomic E-state index is 5.12. The summed E-state index contributed by atoms with van der Waals surface area (Å²) in [5.41, 5.74) is 5.92. The minimum atomic E-state index is -1.10. The van der Waals surface area contributed by atoms with E-state index in [1.807, 2.05) is 6.92 Å². The third-order valence-electron chi connectivity index (χ3n) is 0.933. The van der Waals surface area contributed by atoms with Gasteiger partial charge in [0.1, 0.15) is 16.1 Å². The van der Waals surface area contributed by atoms with E-state index >= 15 is 0 Å². The fraction of sp³-hybridized carbons (Fsp3) is 0.636. The lowest BCUT2D eigenvalue weighted by Gasteiger charge is -2.01. The predicted molar refractivity (Wildman–Crippen MR) is 69.0 cm³/mol. The smallest absolute Gasteiger partial charge is 0.129 e. The summed E-state index contributed by atoms with van der Waals surface area (Å²) in [6, 6.07) is 0. The maximum atomic E-state index is 5.12. The number of terminal acetylenes is 1. The molecule has 2 heteroatoms. The van der Waals surface area contributed by atoms with Gasteiger partial charge in [-0.05, 0) is 6.92 Å². The van der Waals surface area contributed by atoms with E-state index in [4.69, 9.17) is 6.42 Å². The fourth-order valence-electron chi connectivity index (χ4n) is 0.375. The van der Waals surface area contributed by atoms with Crippen molar-refractivity contribution in [3.63, 3.8) is 0 Å². The van der Waals surface area contributed by atoms with Gasteiger partial charge in [-0.15, -0.1) is 23.4 Å². The molecule has 0 saturated heterocycles. The molecule has 0 aromatic rings. The monoisotopic (exact) mass is 210 g/mol. The summed E-state index contributed by atoms with van der Waals surface area (Å²) in [5.74, 6) is 2.92. The topological polar surface area (TPSA) is 0 Å². The highest BCUT2D eigenvalue weighted by Crippen LogP contribution is 1.95. The predicted octanol–water partition coefficient (Wildman–Crippen LogP) is 3.38. The van der Waals surface area contributed by atoms with Gasteiger partial charge in [-0.3, -0.25) is 0 Å². The normalized spacial score (nSPS) is 10.0.